The minimum absolute atomic E-state index is 0.00478. The highest BCUT2D eigenvalue weighted by atomic mass is 35.5. The molecule has 7 nitrogen and oxygen atoms in total. The van der Waals surface area contributed by atoms with Crippen LogP contribution >= 0.6 is 23.2 Å². The summed E-state index contributed by atoms with van der Waals surface area (Å²) in [7, 11) is -4.14. The van der Waals surface area contributed by atoms with Crippen LogP contribution in [0.15, 0.2) is 71.6 Å². The Morgan fingerprint density at radius 3 is 2.10 bits per heavy atom. The summed E-state index contributed by atoms with van der Waals surface area (Å²) in [5.74, 6) is -0.629. The fraction of sp³-hybridized carbons (Fsp3) is 0.355. The zero-order valence-corrected chi connectivity index (χ0v) is 26.4. The van der Waals surface area contributed by atoms with Gasteiger partial charge in [-0.1, -0.05) is 79.9 Å². The molecule has 0 aromatic heterocycles. The molecule has 0 fully saturated rings. The number of nitrogens with one attached hydrogen (secondary N) is 1. The second-order valence-electron chi connectivity index (χ2n) is 10.1. The molecule has 3 aromatic rings. The van der Waals surface area contributed by atoms with Crippen molar-refractivity contribution in [2.45, 2.75) is 64.4 Å². The van der Waals surface area contributed by atoms with E-state index in [0.717, 1.165) is 15.4 Å². The van der Waals surface area contributed by atoms with Crippen LogP contribution in [0.2, 0.25) is 10.0 Å². The molecule has 0 bridgehead atoms. The molecule has 3 aromatic carbocycles. The van der Waals surface area contributed by atoms with Crippen molar-refractivity contribution in [3.05, 3.63) is 93.5 Å². The fourth-order valence-corrected chi connectivity index (χ4v) is 6.32. The Morgan fingerprint density at radius 2 is 1.56 bits per heavy atom. The molecule has 10 heteroatoms. The van der Waals surface area contributed by atoms with Crippen LogP contribution in [0.1, 0.15) is 56.7 Å². The van der Waals surface area contributed by atoms with Crippen molar-refractivity contribution in [3.8, 4) is 0 Å². The average Bonchev–Trinajstić information content (AvgIpc) is 2.93. The Hall–Kier alpha value is -3.07. The van der Waals surface area contributed by atoms with Crippen molar-refractivity contribution in [1.82, 2.24) is 10.2 Å². The lowest BCUT2D eigenvalue weighted by molar-refractivity contribution is -0.140. The first-order chi connectivity index (χ1) is 19.4. The minimum atomic E-state index is -4.14. The van der Waals surface area contributed by atoms with Crippen LogP contribution in [0, 0.1) is 6.92 Å². The molecular weight excluding hydrogens is 581 g/mol. The number of rotatable bonds is 12. The highest BCUT2D eigenvalue weighted by Crippen LogP contribution is 2.28. The molecule has 1 atom stereocenters. The third kappa shape index (κ3) is 8.03. The van der Waals surface area contributed by atoms with Crippen LogP contribution in [0.4, 0.5) is 5.69 Å². The molecule has 0 aliphatic heterocycles. The molecule has 0 aliphatic rings. The van der Waals surface area contributed by atoms with Gasteiger partial charge in [-0.2, -0.15) is 0 Å². The first-order valence-corrected chi connectivity index (χ1v) is 15.8. The van der Waals surface area contributed by atoms with Gasteiger partial charge in [0.1, 0.15) is 12.6 Å². The lowest BCUT2D eigenvalue weighted by Gasteiger charge is -2.33. The summed E-state index contributed by atoms with van der Waals surface area (Å²) in [6.07, 6.45) is 0.316. The van der Waals surface area contributed by atoms with Gasteiger partial charge in [-0.3, -0.25) is 13.9 Å². The molecule has 1 N–H and O–H groups in total. The van der Waals surface area contributed by atoms with Crippen molar-refractivity contribution >= 4 is 50.7 Å². The van der Waals surface area contributed by atoms with Crippen molar-refractivity contribution in [3.63, 3.8) is 0 Å². The van der Waals surface area contributed by atoms with Crippen LogP contribution in [0.5, 0.6) is 0 Å². The molecule has 2 amide bonds. The van der Waals surface area contributed by atoms with E-state index in [4.69, 9.17) is 23.2 Å². The number of halogens is 2. The van der Waals surface area contributed by atoms with Gasteiger partial charge >= 0.3 is 0 Å². The molecular formula is C31H37Cl2N3O4S. The quantitative estimate of drug-likeness (QED) is 0.249. The molecule has 0 saturated carbocycles. The van der Waals surface area contributed by atoms with E-state index in [1.54, 1.807) is 56.3 Å². The Bertz CT molecular complexity index is 1460. The van der Waals surface area contributed by atoms with Gasteiger partial charge in [0.15, 0.2) is 0 Å². The Morgan fingerprint density at radius 1 is 0.927 bits per heavy atom. The van der Waals surface area contributed by atoms with Gasteiger partial charge in [0, 0.05) is 23.1 Å². The Balaban J connectivity index is 2.09. The summed E-state index contributed by atoms with van der Waals surface area (Å²) in [4.78, 5) is 28.6. The molecule has 220 valence electrons. The van der Waals surface area contributed by atoms with Gasteiger partial charge in [0.25, 0.3) is 10.0 Å². The maximum absolute atomic E-state index is 14.1. The standard InChI is InChI=1S/C31H37Cl2N3O4S/c1-6-29(31(38)34-7-2)35(19-24-10-13-25(32)18-28(24)33)30(37)20-36(26-14-11-23(12-15-26)21(3)4)41(39,40)27-16-8-22(5)9-17-27/h8-18,21,29H,6-7,19-20H2,1-5H3,(H,34,38)/t29-/m1/s1. The number of amides is 2. The van der Waals surface area contributed by atoms with Gasteiger partial charge in [-0.25, -0.2) is 8.42 Å². The third-order valence-corrected chi connectivity index (χ3v) is 9.20. The van der Waals surface area contributed by atoms with Gasteiger partial charge in [0.05, 0.1) is 10.6 Å². The first kappa shape index (κ1) is 32.4. The van der Waals surface area contributed by atoms with Crippen molar-refractivity contribution in [2.24, 2.45) is 0 Å². The smallest absolute Gasteiger partial charge is 0.264 e. The zero-order valence-electron chi connectivity index (χ0n) is 24.0. The topological polar surface area (TPSA) is 86.8 Å². The van der Waals surface area contributed by atoms with Gasteiger partial charge in [-0.05, 0) is 73.7 Å². The summed E-state index contributed by atoms with van der Waals surface area (Å²) >= 11 is 12.5. The average molecular weight is 619 g/mol. The first-order valence-electron chi connectivity index (χ1n) is 13.6. The van der Waals surface area contributed by atoms with E-state index in [1.165, 1.54) is 17.0 Å². The molecule has 0 spiro atoms. The second kappa shape index (κ2) is 14.2. The zero-order chi connectivity index (χ0) is 30.3. The highest BCUT2D eigenvalue weighted by Gasteiger charge is 2.34. The normalized spacial score (nSPS) is 12.2. The Labute approximate surface area is 253 Å². The number of benzene rings is 3. The highest BCUT2D eigenvalue weighted by molar-refractivity contribution is 7.92. The number of hydrogen-bond donors (Lipinski definition) is 1. The molecule has 0 saturated heterocycles. The van der Waals surface area contributed by atoms with E-state index >= 15 is 0 Å². The molecule has 41 heavy (non-hydrogen) atoms. The van der Waals surface area contributed by atoms with Crippen molar-refractivity contribution in [2.75, 3.05) is 17.4 Å². The molecule has 0 heterocycles. The van der Waals surface area contributed by atoms with Crippen molar-refractivity contribution in [1.29, 1.82) is 0 Å². The number of anilines is 1. The van der Waals surface area contributed by atoms with Gasteiger partial charge in [0.2, 0.25) is 11.8 Å². The summed E-state index contributed by atoms with van der Waals surface area (Å²) in [6.45, 7) is 9.42. The lowest BCUT2D eigenvalue weighted by Crippen LogP contribution is -2.52. The number of sulfonamides is 1. The summed E-state index contributed by atoms with van der Waals surface area (Å²) < 4.78 is 29.1. The molecule has 0 radical (unpaired) electrons. The predicted molar refractivity (Wildman–Crippen MR) is 166 cm³/mol. The van der Waals surface area contributed by atoms with Crippen LogP contribution in [-0.4, -0.2) is 44.3 Å². The number of carbonyl (C=O) groups is 2. The maximum atomic E-state index is 14.1. The fourth-order valence-electron chi connectivity index (χ4n) is 4.44. The lowest BCUT2D eigenvalue weighted by atomic mass is 10.0. The number of nitrogens with zero attached hydrogens (tertiary/aromatic N) is 2. The summed E-state index contributed by atoms with van der Waals surface area (Å²) in [5, 5.41) is 3.57. The van der Waals surface area contributed by atoms with Gasteiger partial charge in [-0.15, -0.1) is 0 Å². The van der Waals surface area contributed by atoms with Crippen LogP contribution in [0.25, 0.3) is 0 Å². The molecule has 0 aliphatic carbocycles. The molecule has 0 unspecified atom stereocenters. The van der Waals surface area contributed by atoms with Crippen LogP contribution in [0.3, 0.4) is 0 Å². The van der Waals surface area contributed by atoms with E-state index in [9.17, 15) is 18.0 Å². The predicted octanol–water partition coefficient (Wildman–Crippen LogP) is 6.56. The monoisotopic (exact) mass is 617 g/mol. The van der Waals surface area contributed by atoms with Crippen LogP contribution in [-0.2, 0) is 26.2 Å². The van der Waals surface area contributed by atoms with E-state index in [1.807, 2.05) is 32.9 Å². The van der Waals surface area contributed by atoms with E-state index < -0.39 is 28.5 Å². The summed E-state index contributed by atoms with van der Waals surface area (Å²) in [5.41, 5.74) is 2.88. The number of likely N-dealkylation sites (N-methyl/N-ethyl adjacent to an activating group) is 1. The van der Waals surface area contributed by atoms with Crippen molar-refractivity contribution < 1.29 is 18.0 Å². The third-order valence-electron chi connectivity index (χ3n) is 6.83. The largest absolute Gasteiger partial charge is 0.355 e. The Kier molecular flexibility index (Phi) is 11.2. The second-order valence-corrected chi connectivity index (χ2v) is 12.9. The SMILES string of the molecule is CCNC(=O)[C@@H](CC)N(Cc1ccc(Cl)cc1Cl)C(=O)CN(c1ccc(C(C)C)cc1)S(=O)(=O)c1ccc(C)cc1. The minimum Gasteiger partial charge on any atom is -0.355 e. The maximum Gasteiger partial charge on any atom is 0.264 e. The van der Waals surface area contributed by atoms with E-state index in [2.05, 4.69) is 5.32 Å². The van der Waals surface area contributed by atoms with E-state index in [-0.39, 0.29) is 23.3 Å². The molecule has 3 rings (SSSR count). The number of aryl methyl sites for hydroxylation is 1. The summed E-state index contributed by atoms with van der Waals surface area (Å²) in [6, 6.07) is 17.7. The van der Waals surface area contributed by atoms with E-state index in [0.29, 0.717) is 34.3 Å². The number of hydrogen-bond acceptors (Lipinski definition) is 4. The van der Waals surface area contributed by atoms with Gasteiger partial charge < -0.3 is 10.2 Å². The van der Waals surface area contributed by atoms with Crippen LogP contribution < -0.4 is 9.62 Å². The number of carbonyl (C=O) groups excluding carboxylic acids is 2.